The Kier molecular flexibility index (Phi) is 5.34. The van der Waals surface area contributed by atoms with Crippen LogP contribution in [0.25, 0.3) is 5.69 Å². The number of hydrogen-bond acceptors (Lipinski definition) is 3. The van der Waals surface area contributed by atoms with Gasteiger partial charge in [-0.2, -0.15) is 5.10 Å². The molecule has 1 aromatic carbocycles. The summed E-state index contributed by atoms with van der Waals surface area (Å²) in [4.78, 5) is 13.7. The van der Waals surface area contributed by atoms with Gasteiger partial charge in [-0.25, -0.2) is 9.48 Å². The minimum absolute atomic E-state index is 0.0449. The number of nitrogens with zero attached hydrogens (tertiary/aromatic N) is 3. The van der Waals surface area contributed by atoms with Gasteiger partial charge in [-0.1, -0.05) is 25.1 Å². The first kappa shape index (κ1) is 15.1. The van der Waals surface area contributed by atoms with Gasteiger partial charge in [-0.15, -0.1) is 0 Å². The Morgan fingerprint density at radius 2 is 2.10 bits per heavy atom. The van der Waals surface area contributed by atoms with Gasteiger partial charge < -0.3 is 15.3 Å². The minimum Gasteiger partial charge on any atom is -0.395 e. The van der Waals surface area contributed by atoms with Gasteiger partial charge in [0.25, 0.3) is 0 Å². The molecular formula is C15H20N4O2. The summed E-state index contributed by atoms with van der Waals surface area (Å²) in [6, 6.07) is 9.45. The van der Waals surface area contributed by atoms with Crippen molar-refractivity contribution in [2.24, 2.45) is 0 Å². The lowest BCUT2D eigenvalue weighted by molar-refractivity contribution is 0.188. The third-order valence-corrected chi connectivity index (χ3v) is 3.01. The zero-order valence-corrected chi connectivity index (χ0v) is 12.1. The molecule has 0 spiro atoms. The molecule has 0 aliphatic rings. The zero-order chi connectivity index (χ0) is 15.1. The summed E-state index contributed by atoms with van der Waals surface area (Å²) in [5.74, 6) is 0. The maximum absolute atomic E-state index is 12.1. The fourth-order valence-corrected chi connectivity index (χ4v) is 2.02. The molecule has 21 heavy (non-hydrogen) atoms. The molecule has 1 heterocycles. The Bertz CT molecular complexity index is 562. The number of rotatable bonds is 6. The Morgan fingerprint density at radius 1 is 1.33 bits per heavy atom. The Balaban J connectivity index is 2.03. The highest BCUT2D eigenvalue weighted by Crippen LogP contribution is 2.12. The molecule has 0 aliphatic carbocycles. The van der Waals surface area contributed by atoms with Gasteiger partial charge in [0.2, 0.25) is 0 Å². The first-order chi connectivity index (χ1) is 10.2. The first-order valence-corrected chi connectivity index (χ1v) is 7.01. The van der Waals surface area contributed by atoms with Crippen molar-refractivity contribution in [2.45, 2.75) is 13.3 Å². The van der Waals surface area contributed by atoms with E-state index in [-0.39, 0.29) is 12.6 Å². The molecule has 0 saturated carbocycles. The summed E-state index contributed by atoms with van der Waals surface area (Å²) in [6.45, 7) is 2.88. The van der Waals surface area contributed by atoms with E-state index in [9.17, 15) is 4.79 Å². The number of para-hydroxylation sites is 1. The average Bonchev–Trinajstić information content (AvgIpc) is 2.96. The fourth-order valence-electron chi connectivity index (χ4n) is 2.02. The number of aromatic nitrogens is 2. The number of nitrogens with one attached hydrogen (secondary N) is 1. The van der Waals surface area contributed by atoms with Gasteiger partial charge in [0, 0.05) is 13.1 Å². The van der Waals surface area contributed by atoms with E-state index < -0.39 is 0 Å². The highest BCUT2D eigenvalue weighted by Gasteiger charge is 2.13. The predicted molar refractivity (Wildman–Crippen MR) is 81.5 cm³/mol. The van der Waals surface area contributed by atoms with E-state index in [1.165, 1.54) is 0 Å². The third kappa shape index (κ3) is 4.06. The predicted octanol–water partition coefficient (Wildman–Crippen LogP) is 2.11. The van der Waals surface area contributed by atoms with Crippen LogP contribution >= 0.6 is 0 Å². The first-order valence-electron chi connectivity index (χ1n) is 7.01. The van der Waals surface area contributed by atoms with Crippen LogP contribution in [0, 0.1) is 0 Å². The number of aliphatic hydroxyl groups is 1. The molecule has 0 aliphatic heterocycles. The molecule has 0 radical (unpaired) electrons. The van der Waals surface area contributed by atoms with Crippen molar-refractivity contribution in [3.05, 3.63) is 42.7 Å². The van der Waals surface area contributed by atoms with Crippen molar-refractivity contribution >= 4 is 11.7 Å². The summed E-state index contributed by atoms with van der Waals surface area (Å²) >= 11 is 0. The molecule has 0 saturated heterocycles. The minimum atomic E-state index is -0.224. The van der Waals surface area contributed by atoms with Gasteiger partial charge in [-0.05, 0) is 18.6 Å². The van der Waals surface area contributed by atoms with E-state index in [0.717, 1.165) is 12.1 Å². The van der Waals surface area contributed by atoms with Gasteiger partial charge in [0.15, 0.2) is 0 Å². The normalized spacial score (nSPS) is 10.4. The van der Waals surface area contributed by atoms with E-state index in [2.05, 4.69) is 10.4 Å². The molecule has 6 heteroatoms. The molecular weight excluding hydrogens is 268 g/mol. The van der Waals surface area contributed by atoms with Gasteiger partial charge >= 0.3 is 6.03 Å². The van der Waals surface area contributed by atoms with Gasteiger partial charge in [-0.3, -0.25) is 0 Å². The van der Waals surface area contributed by atoms with Crippen molar-refractivity contribution in [3.8, 4) is 5.69 Å². The lowest BCUT2D eigenvalue weighted by atomic mass is 10.3. The standard InChI is InChI=1S/C15H20N4O2/c1-2-8-18(9-10-20)15(21)17-13-11-16-19(12-13)14-6-4-3-5-7-14/h3-7,11-12,20H,2,8-10H2,1H3,(H,17,21). The van der Waals surface area contributed by atoms with Crippen molar-refractivity contribution in [1.82, 2.24) is 14.7 Å². The van der Waals surface area contributed by atoms with Crippen molar-refractivity contribution in [1.29, 1.82) is 0 Å². The summed E-state index contributed by atoms with van der Waals surface area (Å²) in [7, 11) is 0. The Labute approximate surface area is 124 Å². The Morgan fingerprint density at radius 3 is 2.76 bits per heavy atom. The SMILES string of the molecule is CCCN(CCO)C(=O)Nc1cnn(-c2ccccc2)c1. The summed E-state index contributed by atoms with van der Waals surface area (Å²) < 4.78 is 1.70. The fraction of sp³-hybridized carbons (Fsp3) is 0.333. The molecule has 6 nitrogen and oxygen atoms in total. The van der Waals surface area contributed by atoms with E-state index in [4.69, 9.17) is 5.11 Å². The lowest BCUT2D eigenvalue weighted by Gasteiger charge is -2.20. The highest BCUT2D eigenvalue weighted by atomic mass is 16.3. The number of anilines is 1. The number of carbonyl (C=O) groups is 1. The molecule has 1 aromatic heterocycles. The summed E-state index contributed by atoms with van der Waals surface area (Å²) in [5, 5.41) is 16.0. The van der Waals surface area contributed by atoms with Crippen LogP contribution in [-0.4, -0.2) is 45.5 Å². The second-order valence-electron chi connectivity index (χ2n) is 4.65. The molecule has 112 valence electrons. The van der Waals surface area contributed by atoms with Crippen molar-refractivity contribution in [2.75, 3.05) is 25.0 Å². The number of aliphatic hydroxyl groups excluding tert-OH is 1. The van der Waals surface area contributed by atoms with Crippen LogP contribution in [0.1, 0.15) is 13.3 Å². The van der Waals surface area contributed by atoms with Crippen LogP contribution < -0.4 is 5.32 Å². The zero-order valence-electron chi connectivity index (χ0n) is 12.1. The van der Waals surface area contributed by atoms with Gasteiger partial charge in [0.05, 0.1) is 30.4 Å². The number of hydrogen-bond donors (Lipinski definition) is 2. The van der Waals surface area contributed by atoms with Crippen LogP contribution in [0.5, 0.6) is 0 Å². The monoisotopic (exact) mass is 288 g/mol. The maximum Gasteiger partial charge on any atom is 0.322 e. The van der Waals surface area contributed by atoms with Crippen LogP contribution in [0.2, 0.25) is 0 Å². The smallest absolute Gasteiger partial charge is 0.322 e. The molecule has 2 rings (SSSR count). The third-order valence-electron chi connectivity index (χ3n) is 3.01. The lowest BCUT2D eigenvalue weighted by Crippen LogP contribution is -2.37. The molecule has 0 bridgehead atoms. The van der Waals surface area contributed by atoms with Crippen LogP contribution in [0.15, 0.2) is 42.7 Å². The molecule has 2 amide bonds. The largest absolute Gasteiger partial charge is 0.395 e. The molecule has 0 fully saturated rings. The molecule has 2 N–H and O–H groups in total. The highest BCUT2D eigenvalue weighted by molar-refractivity contribution is 5.89. The van der Waals surface area contributed by atoms with Crippen LogP contribution in [0.3, 0.4) is 0 Å². The van der Waals surface area contributed by atoms with Crippen LogP contribution in [0.4, 0.5) is 10.5 Å². The quantitative estimate of drug-likeness (QED) is 0.855. The van der Waals surface area contributed by atoms with E-state index in [0.29, 0.717) is 18.8 Å². The number of urea groups is 1. The Hall–Kier alpha value is -2.34. The van der Waals surface area contributed by atoms with Crippen LogP contribution in [-0.2, 0) is 0 Å². The van der Waals surface area contributed by atoms with E-state index in [1.54, 1.807) is 22.0 Å². The second-order valence-corrected chi connectivity index (χ2v) is 4.65. The molecule has 2 aromatic rings. The van der Waals surface area contributed by atoms with Gasteiger partial charge in [0.1, 0.15) is 0 Å². The second kappa shape index (κ2) is 7.44. The van der Waals surface area contributed by atoms with E-state index >= 15 is 0 Å². The average molecular weight is 288 g/mol. The van der Waals surface area contributed by atoms with Crippen molar-refractivity contribution in [3.63, 3.8) is 0 Å². The number of amides is 2. The summed E-state index contributed by atoms with van der Waals surface area (Å²) in [6.07, 6.45) is 4.21. The van der Waals surface area contributed by atoms with E-state index in [1.807, 2.05) is 37.3 Å². The molecule has 0 atom stereocenters. The number of carbonyl (C=O) groups excluding carboxylic acids is 1. The number of benzene rings is 1. The topological polar surface area (TPSA) is 70.4 Å². The summed E-state index contributed by atoms with van der Waals surface area (Å²) in [5.41, 5.74) is 1.56. The molecule has 0 unspecified atom stereocenters. The van der Waals surface area contributed by atoms with Crippen molar-refractivity contribution < 1.29 is 9.90 Å². The maximum atomic E-state index is 12.1.